The molecule has 0 aliphatic carbocycles. The maximum absolute atomic E-state index is 12.1. The van der Waals surface area contributed by atoms with Crippen molar-refractivity contribution in [2.75, 3.05) is 0 Å². The molecule has 0 saturated carbocycles. The smallest absolute Gasteiger partial charge is 0.387 e. The number of carbonyl (C=O) groups is 1. The van der Waals surface area contributed by atoms with E-state index in [9.17, 15) is 23.7 Å². The van der Waals surface area contributed by atoms with E-state index in [0.717, 1.165) is 12.1 Å². The highest BCUT2D eigenvalue weighted by atomic mass is 19.3. The summed E-state index contributed by atoms with van der Waals surface area (Å²) in [5, 5.41) is 10.7. The molecule has 0 aliphatic rings. The van der Waals surface area contributed by atoms with Crippen molar-refractivity contribution in [3.8, 4) is 5.75 Å². The second-order valence-corrected chi connectivity index (χ2v) is 3.27. The topological polar surface area (TPSA) is 69.4 Å². The van der Waals surface area contributed by atoms with Crippen LogP contribution in [0.2, 0.25) is 0 Å². The third-order valence-electron chi connectivity index (χ3n) is 1.95. The molecule has 0 atom stereocenters. The van der Waals surface area contributed by atoms with Crippen molar-refractivity contribution in [3.05, 3.63) is 33.9 Å². The van der Waals surface area contributed by atoms with E-state index in [-0.39, 0.29) is 23.5 Å². The minimum absolute atomic E-state index is 0.134. The molecule has 5 nitrogen and oxygen atoms in total. The zero-order valence-electron chi connectivity index (χ0n) is 8.85. The van der Waals surface area contributed by atoms with Crippen molar-refractivity contribution >= 4 is 11.5 Å². The van der Waals surface area contributed by atoms with Crippen LogP contribution >= 0.6 is 0 Å². The van der Waals surface area contributed by atoms with Crippen molar-refractivity contribution in [3.63, 3.8) is 0 Å². The van der Waals surface area contributed by atoms with Gasteiger partial charge in [0, 0.05) is 12.5 Å². The maximum atomic E-state index is 12.1. The van der Waals surface area contributed by atoms with Gasteiger partial charge in [-0.2, -0.15) is 8.78 Å². The fourth-order valence-electron chi connectivity index (χ4n) is 1.36. The van der Waals surface area contributed by atoms with Gasteiger partial charge in [0.1, 0.15) is 11.5 Å². The first-order chi connectivity index (χ1) is 7.91. The van der Waals surface area contributed by atoms with Gasteiger partial charge in [-0.05, 0) is 13.0 Å². The molecule has 92 valence electrons. The lowest BCUT2D eigenvalue weighted by atomic mass is 10.1. The predicted molar refractivity (Wildman–Crippen MR) is 54.1 cm³/mol. The lowest BCUT2D eigenvalue weighted by Crippen LogP contribution is -2.08. The molecule has 0 N–H and O–H groups in total. The molecular formula is C10H9F2NO4. The van der Waals surface area contributed by atoms with Crippen LogP contribution in [0.3, 0.4) is 0 Å². The third-order valence-corrected chi connectivity index (χ3v) is 1.95. The Kier molecular flexibility index (Phi) is 4.08. The van der Waals surface area contributed by atoms with Crippen LogP contribution in [-0.4, -0.2) is 17.3 Å². The number of nitro benzene ring substituents is 1. The van der Waals surface area contributed by atoms with Crippen molar-refractivity contribution in [1.29, 1.82) is 0 Å². The lowest BCUT2D eigenvalue weighted by Gasteiger charge is -2.09. The number of ketones is 1. The number of ether oxygens (including phenoxy) is 1. The van der Waals surface area contributed by atoms with Gasteiger partial charge in [0.15, 0.2) is 0 Å². The predicted octanol–water partition coefficient (Wildman–Crippen LogP) is 2.33. The summed E-state index contributed by atoms with van der Waals surface area (Å²) in [6.45, 7) is -1.88. The van der Waals surface area contributed by atoms with Gasteiger partial charge in [0.25, 0.3) is 5.69 Å². The summed E-state index contributed by atoms with van der Waals surface area (Å²) in [5.74, 6) is -0.720. The number of carbonyl (C=O) groups excluding carboxylic acids is 1. The molecule has 1 rings (SSSR count). The molecule has 0 spiro atoms. The fourth-order valence-corrected chi connectivity index (χ4v) is 1.36. The van der Waals surface area contributed by atoms with Gasteiger partial charge in [-0.3, -0.25) is 14.9 Å². The highest BCUT2D eigenvalue weighted by molar-refractivity contribution is 5.80. The average molecular weight is 245 g/mol. The standard InChI is InChI=1S/C10H9F2NO4/c1-6(14)5-7-8(13(15)16)3-2-4-9(7)17-10(11)12/h2-4,10H,5H2,1H3. The Labute approximate surface area is 95.2 Å². The summed E-state index contributed by atoms with van der Waals surface area (Å²) in [5.41, 5.74) is -0.538. The molecular weight excluding hydrogens is 236 g/mol. The Morgan fingerprint density at radius 3 is 2.65 bits per heavy atom. The van der Waals surface area contributed by atoms with Crippen LogP contribution in [0.15, 0.2) is 18.2 Å². The first-order valence-corrected chi connectivity index (χ1v) is 4.62. The average Bonchev–Trinajstić information content (AvgIpc) is 2.18. The number of benzene rings is 1. The zero-order valence-corrected chi connectivity index (χ0v) is 8.85. The number of halogens is 2. The summed E-state index contributed by atoms with van der Waals surface area (Å²) in [4.78, 5) is 20.9. The van der Waals surface area contributed by atoms with E-state index in [1.807, 2.05) is 0 Å². The van der Waals surface area contributed by atoms with Crippen molar-refractivity contribution in [1.82, 2.24) is 0 Å². The van der Waals surface area contributed by atoms with Crippen molar-refractivity contribution in [2.45, 2.75) is 20.0 Å². The first-order valence-electron chi connectivity index (χ1n) is 4.62. The minimum Gasteiger partial charge on any atom is -0.434 e. The van der Waals surface area contributed by atoms with E-state index in [4.69, 9.17) is 0 Å². The quantitative estimate of drug-likeness (QED) is 0.589. The SMILES string of the molecule is CC(=O)Cc1c(OC(F)F)cccc1[N+](=O)[O-]. The molecule has 0 unspecified atom stereocenters. The molecule has 1 aromatic carbocycles. The monoisotopic (exact) mass is 245 g/mol. The molecule has 17 heavy (non-hydrogen) atoms. The third kappa shape index (κ3) is 3.47. The van der Waals surface area contributed by atoms with E-state index < -0.39 is 17.2 Å². The summed E-state index contributed by atoms with van der Waals surface area (Å²) < 4.78 is 28.3. The molecule has 0 saturated heterocycles. The maximum Gasteiger partial charge on any atom is 0.387 e. The van der Waals surface area contributed by atoms with Gasteiger partial charge in [0.2, 0.25) is 0 Å². The summed E-state index contributed by atoms with van der Waals surface area (Å²) in [6.07, 6.45) is -0.320. The Bertz CT molecular complexity index is 448. The van der Waals surface area contributed by atoms with Crippen LogP contribution in [0.5, 0.6) is 5.75 Å². The number of nitro groups is 1. The van der Waals surface area contributed by atoms with Crippen molar-refractivity contribution in [2.24, 2.45) is 0 Å². The van der Waals surface area contributed by atoms with Gasteiger partial charge >= 0.3 is 6.61 Å². The zero-order chi connectivity index (χ0) is 13.0. The largest absolute Gasteiger partial charge is 0.434 e. The number of alkyl halides is 2. The molecule has 0 aliphatic heterocycles. The second kappa shape index (κ2) is 5.33. The van der Waals surface area contributed by atoms with Crippen LogP contribution in [-0.2, 0) is 11.2 Å². The molecule has 0 bridgehead atoms. The molecule has 0 fully saturated rings. The summed E-state index contributed by atoms with van der Waals surface area (Å²) >= 11 is 0. The number of rotatable bonds is 5. The van der Waals surface area contributed by atoms with E-state index in [0.29, 0.717) is 0 Å². The van der Waals surface area contributed by atoms with Crippen LogP contribution in [0.1, 0.15) is 12.5 Å². The lowest BCUT2D eigenvalue weighted by molar-refractivity contribution is -0.385. The van der Waals surface area contributed by atoms with E-state index >= 15 is 0 Å². The summed E-state index contributed by atoms with van der Waals surface area (Å²) in [7, 11) is 0. The van der Waals surface area contributed by atoms with E-state index in [2.05, 4.69) is 4.74 Å². The van der Waals surface area contributed by atoms with Crippen LogP contribution in [0.25, 0.3) is 0 Å². The Morgan fingerprint density at radius 2 is 2.18 bits per heavy atom. The Balaban J connectivity index is 3.23. The Hall–Kier alpha value is -2.05. The molecule has 0 aromatic heterocycles. The van der Waals surface area contributed by atoms with E-state index in [1.165, 1.54) is 13.0 Å². The van der Waals surface area contributed by atoms with Crippen LogP contribution < -0.4 is 4.74 Å². The Morgan fingerprint density at radius 1 is 1.53 bits per heavy atom. The molecule has 1 aromatic rings. The molecule has 7 heteroatoms. The fraction of sp³-hybridized carbons (Fsp3) is 0.300. The van der Waals surface area contributed by atoms with Crippen LogP contribution in [0.4, 0.5) is 14.5 Å². The van der Waals surface area contributed by atoms with Gasteiger partial charge in [0.05, 0.1) is 10.5 Å². The highest BCUT2D eigenvalue weighted by Crippen LogP contribution is 2.30. The van der Waals surface area contributed by atoms with Crippen molar-refractivity contribution < 1.29 is 23.2 Å². The van der Waals surface area contributed by atoms with Gasteiger partial charge < -0.3 is 4.74 Å². The van der Waals surface area contributed by atoms with Gasteiger partial charge in [-0.25, -0.2) is 0 Å². The van der Waals surface area contributed by atoms with Gasteiger partial charge in [-0.1, -0.05) is 6.07 Å². The number of hydrogen-bond donors (Lipinski definition) is 0. The first kappa shape index (κ1) is 13.0. The second-order valence-electron chi connectivity index (χ2n) is 3.27. The van der Waals surface area contributed by atoms with Gasteiger partial charge in [-0.15, -0.1) is 0 Å². The van der Waals surface area contributed by atoms with E-state index in [1.54, 1.807) is 0 Å². The molecule has 0 heterocycles. The number of hydrogen-bond acceptors (Lipinski definition) is 4. The number of Topliss-reactive ketones (excluding diaryl/α,β-unsaturated/α-hetero) is 1. The normalized spacial score (nSPS) is 10.4. The molecule has 0 amide bonds. The minimum atomic E-state index is -3.09. The summed E-state index contributed by atoms with van der Waals surface area (Å²) in [6, 6.07) is 3.52. The molecule has 0 radical (unpaired) electrons. The highest BCUT2D eigenvalue weighted by Gasteiger charge is 2.21. The number of nitrogens with zero attached hydrogens (tertiary/aromatic N) is 1. The van der Waals surface area contributed by atoms with Crippen LogP contribution in [0, 0.1) is 10.1 Å².